The van der Waals surface area contributed by atoms with E-state index in [2.05, 4.69) is 10.2 Å². The average molecular weight is 170 g/mol. The minimum atomic E-state index is -0.501. The van der Waals surface area contributed by atoms with Gasteiger partial charge in [-0.1, -0.05) is 5.10 Å². The summed E-state index contributed by atoms with van der Waals surface area (Å²) < 4.78 is 0. The largest absolute Gasteiger partial charge is 0.358 e. The van der Waals surface area contributed by atoms with Gasteiger partial charge in [0.15, 0.2) is 0 Å². The number of nitro groups is 1. The first-order valence-electron chi connectivity index (χ1n) is 3.63. The summed E-state index contributed by atoms with van der Waals surface area (Å²) in [5.41, 5.74) is 5.96. The first-order valence-corrected chi connectivity index (χ1v) is 3.63. The highest BCUT2D eigenvalue weighted by atomic mass is 16.6. The predicted molar refractivity (Wildman–Crippen MR) is 42.6 cm³/mol. The molecule has 3 N–H and O–H groups in total. The molecule has 12 heavy (non-hydrogen) atoms. The van der Waals surface area contributed by atoms with E-state index in [4.69, 9.17) is 5.73 Å². The van der Waals surface area contributed by atoms with Crippen LogP contribution in [0.2, 0.25) is 0 Å². The van der Waals surface area contributed by atoms with Crippen LogP contribution in [0.1, 0.15) is 12.1 Å². The van der Waals surface area contributed by atoms with Gasteiger partial charge in [0.05, 0.1) is 11.8 Å². The molecule has 6 nitrogen and oxygen atoms in total. The summed E-state index contributed by atoms with van der Waals surface area (Å²) in [4.78, 5) is 9.70. The minimum absolute atomic E-state index is 0.0676. The molecule has 66 valence electrons. The molecule has 0 amide bonds. The summed E-state index contributed by atoms with van der Waals surface area (Å²) in [5.74, 6) is -0.0676. The molecule has 0 radical (unpaired) electrons. The van der Waals surface area contributed by atoms with E-state index in [1.807, 2.05) is 0 Å². The monoisotopic (exact) mass is 170 g/mol. The smallest absolute Gasteiger partial charge is 0.342 e. The average Bonchev–Trinajstić information content (AvgIpc) is 2.48. The Morgan fingerprint density at radius 2 is 2.50 bits per heavy atom. The maximum atomic E-state index is 10.2. The van der Waals surface area contributed by atoms with Gasteiger partial charge < -0.3 is 15.8 Å². The van der Waals surface area contributed by atoms with Gasteiger partial charge in [0.2, 0.25) is 0 Å². The lowest BCUT2D eigenvalue weighted by Gasteiger charge is -1.88. The molecule has 1 aromatic rings. The number of rotatable bonds is 4. The van der Waals surface area contributed by atoms with E-state index in [0.717, 1.165) is 6.42 Å². The number of aromatic nitrogens is 2. The summed E-state index contributed by atoms with van der Waals surface area (Å²) >= 11 is 0. The molecular formula is C6H10N4O2. The highest BCUT2D eigenvalue weighted by Crippen LogP contribution is 2.08. The lowest BCUT2D eigenvalue weighted by molar-refractivity contribution is -0.389. The van der Waals surface area contributed by atoms with Crippen LogP contribution < -0.4 is 5.73 Å². The number of aromatic amines is 1. The van der Waals surface area contributed by atoms with Crippen LogP contribution in [0.15, 0.2) is 6.07 Å². The summed E-state index contributed by atoms with van der Waals surface area (Å²) in [6, 6.07) is 1.43. The van der Waals surface area contributed by atoms with Crippen LogP contribution in [-0.4, -0.2) is 21.7 Å². The maximum Gasteiger partial charge on any atom is 0.342 e. The standard InChI is InChI=1S/C6H10N4O2/c7-3-1-2-5-4-6(9-8-5)10(11)12/h4H,1-3,7H2,(H,8,9). The molecule has 1 aromatic heterocycles. The minimum Gasteiger partial charge on any atom is -0.358 e. The molecule has 0 aliphatic heterocycles. The second-order valence-electron chi connectivity index (χ2n) is 2.39. The van der Waals surface area contributed by atoms with Crippen LogP contribution in [0, 0.1) is 10.1 Å². The van der Waals surface area contributed by atoms with Crippen LogP contribution in [0.4, 0.5) is 5.82 Å². The van der Waals surface area contributed by atoms with Crippen molar-refractivity contribution in [2.75, 3.05) is 6.54 Å². The highest BCUT2D eigenvalue weighted by molar-refractivity contribution is 5.20. The van der Waals surface area contributed by atoms with Crippen molar-refractivity contribution in [1.29, 1.82) is 0 Å². The molecule has 0 saturated heterocycles. The van der Waals surface area contributed by atoms with E-state index in [1.165, 1.54) is 6.07 Å². The van der Waals surface area contributed by atoms with Gasteiger partial charge in [0.1, 0.15) is 0 Å². The summed E-state index contributed by atoms with van der Waals surface area (Å²) in [7, 11) is 0. The third-order valence-electron chi connectivity index (χ3n) is 1.45. The van der Waals surface area contributed by atoms with E-state index < -0.39 is 4.92 Å². The molecule has 6 heteroatoms. The lowest BCUT2D eigenvalue weighted by atomic mass is 10.2. The predicted octanol–water partition coefficient (Wildman–Crippen LogP) is 0.209. The topological polar surface area (TPSA) is 97.8 Å². The Morgan fingerprint density at radius 1 is 1.75 bits per heavy atom. The number of H-pyrrole nitrogens is 1. The summed E-state index contributed by atoms with van der Waals surface area (Å²) in [5, 5.41) is 16.3. The summed E-state index contributed by atoms with van der Waals surface area (Å²) in [6.45, 7) is 0.570. The van der Waals surface area contributed by atoms with E-state index in [-0.39, 0.29) is 5.82 Å². The molecule has 0 atom stereocenters. The molecule has 0 fully saturated rings. The second kappa shape index (κ2) is 3.82. The van der Waals surface area contributed by atoms with Crippen LogP contribution in [0.25, 0.3) is 0 Å². The van der Waals surface area contributed by atoms with Gasteiger partial charge in [-0.25, -0.2) is 0 Å². The Balaban J connectivity index is 2.58. The fraction of sp³-hybridized carbons (Fsp3) is 0.500. The van der Waals surface area contributed by atoms with Gasteiger partial charge in [0.25, 0.3) is 0 Å². The second-order valence-corrected chi connectivity index (χ2v) is 2.39. The molecule has 0 unspecified atom stereocenters. The zero-order valence-corrected chi connectivity index (χ0v) is 6.49. The van der Waals surface area contributed by atoms with E-state index in [0.29, 0.717) is 18.7 Å². The van der Waals surface area contributed by atoms with Crippen molar-refractivity contribution in [2.45, 2.75) is 12.8 Å². The van der Waals surface area contributed by atoms with Crippen molar-refractivity contribution in [1.82, 2.24) is 10.2 Å². The maximum absolute atomic E-state index is 10.2. The van der Waals surface area contributed by atoms with Crippen molar-refractivity contribution < 1.29 is 4.92 Å². The molecular weight excluding hydrogens is 160 g/mol. The Kier molecular flexibility index (Phi) is 2.76. The fourth-order valence-electron chi connectivity index (χ4n) is 0.856. The lowest BCUT2D eigenvalue weighted by Crippen LogP contribution is -2.00. The van der Waals surface area contributed by atoms with Gasteiger partial charge in [-0.3, -0.25) is 0 Å². The third-order valence-corrected chi connectivity index (χ3v) is 1.45. The van der Waals surface area contributed by atoms with Crippen LogP contribution in [-0.2, 0) is 6.42 Å². The van der Waals surface area contributed by atoms with Gasteiger partial charge in [0, 0.05) is 0 Å². The number of nitrogens with zero attached hydrogens (tertiary/aromatic N) is 2. The molecule has 0 spiro atoms. The van der Waals surface area contributed by atoms with E-state index in [1.54, 1.807) is 0 Å². The Bertz CT molecular complexity index is 270. The molecule has 0 bridgehead atoms. The molecule has 0 aliphatic carbocycles. The highest BCUT2D eigenvalue weighted by Gasteiger charge is 2.08. The van der Waals surface area contributed by atoms with Crippen molar-refractivity contribution in [3.63, 3.8) is 0 Å². The first kappa shape index (κ1) is 8.66. The van der Waals surface area contributed by atoms with Crippen molar-refractivity contribution in [2.24, 2.45) is 5.73 Å². The third kappa shape index (κ3) is 2.03. The zero-order chi connectivity index (χ0) is 8.97. The molecule has 1 heterocycles. The van der Waals surface area contributed by atoms with Crippen LogP contribution in [0.3, 0.4) is 0 Å². The number of nitrogens with two attached hydrogens (primary N) is 1. The van der Waals surface area contributed by atoms with E-state index >= 15 is 0 Å². The Morgan fingerprint density at radius 3 is 3.00 bits per heavy atom. The van der Waals surface area contributed by atoms with Crippen molar-refractivity contribution in [3.8, 4) is 0 Å². The normalized spacial score (nSPS) is 10.1. The Hall–Kier alpha value is -1.43. The van der Waals surface area contributed by atoms with E-state index in [9.17, 15) is 10.1 Å². The molecule has 0 aromatic carbocycles. The first-order chi connectivity index (χ1) is 5.74. The van der Waals surface area contributed by atoms with Crippen LogP contribution in [0.5, 0.6) is 0 Å². The molecule has 0 aliphatic rings. The summed E-state index contributed by atoms with van der Waals surface area (Å²) in [6.07, 6.45) is 1.48. The number of aryl methyl sites for hydroxylation is 1. The Labute approximate surface area is 68.9 Å². The molecule has 0 saturated carbocycles. The van der Waals surface area contributed by atoms with Gasteiger partial charge in [-0.05, 0) is 24.3 Å². The zero-order valence-electron chi connectivity index (χ0n) is 6.49. The van der Waals surface area contributed by atoms with Crippen molar-refractivity contribution in [3.05, 3.63) is 21.9 Å². The van der Waals surface area contributed by atoms with Crippen molar-refractivity contribution >= 4 is 5.82 Å². The van der Waals surface area contributed by atoms with Crippen LogP contribution >= 0.6 is 0 Å². The van der Waals surface area contributed by atoms with Gasteiger partial charge >= 0.3 is 5.82 Å². The molecule has 1 rings (SSSR count). The number of hydrogen-bond donors (Lipinski definition) is 2. The SMILES string of the molecule is NCCCc1cc([N+](=O)[O-])[nH]n1. The number of nitrogens with one attached hydrogen (secondary N) is 1. The quantitative estimate of drug-likeness (QED) is 0.498. The van der Waals surface area contributed by atoms with Gasteiger partial charge in [-0.2, -0.15) is 0 Å². The number of hydrogen-bond acceptors (Lipinski definition) is 4. The van der Waals surface area contributed by atoms with Gasteiger partial charge in [-0.15, -0.1) is 5.10 Å². The fourth-order valence-corrected chi connectivity index (χ4v) is 0.856.